The third-order valence-corrected chi connectivity index (χ3v) is 5.94. The number of carbonyl (C=O) groups is 1. The van der Waals surface area contributed by atoms with Gasteiger partial charge in [0.15, 0.2) is 0 Å². The summed E-state index contributed by atoms with van der Waals surface area (Å²) in [5.41, 5.74) is 6.95. The fraction of sp³-hybridized carbons (Fsp3) is 0.650. The van der Waals surface area contributed by atoms with Crippen LogP contribution in [0.1, 0.15) is 63.5 Å². The van der Waals surface area contributed by atoms with Crippen LogP contribution in [-0.2, 0) is 4.79 Å². The van der Waals surface area contributed by atoms with Crippen LogP contribution >= 0.6 is 12.4 Å². The molecule has 140 valence electrons. The molecule has 2 atom stereocenters. The maximum Gasteiger partial charge on any atom is 0.223 e. The first kappa shape index (κ1) is 20.2. The van der Waals surface area contributed by atoms with Crippen molar-refractivity contribution in [2.24, 2.45) is 17.1 Å². The minimum Gasteiger partial charge on any atom is -0.335 e. The van der Waals surface area contributed by atoms with Crippen molar-refractivity contribution in [3.8, 4) is 0 Å². The minimum atomic E-state index is -0.231. The molecule has 25 heavy (non-hydrogen) atoms. The van der Waals surface area contributed by atoms with E-state index in [1.165, 1.54) is 25.3 Å². The first-order valence-corrected chi connectivity index (χ1v) is 9.28. The molecule has 3 nitrogen and oxygen atoms in total. The summed E-state index contributed by atoms with van der Waals surface area (Å²) < 4.78 is 13.6. The highest BCUT2D eigenvalue weighted by Gasteiger charge is 2.39. The molecule has 1 aliphatic heterocycles. The minimum absolute atomic E-state index is 0. The van der Waals surface area contributed by atoms with Crippen LogP contribution in [-0.4, -0.2) is 23.9 Å². The summed E-state index contributed by atoms with van der Waals surface area (Å²) in [7, 11) is 0. The summed E-state index contributed by atoms with van der Waals surface area (Å²) in [5, 5.41) is 0. The van der Waals surface area contributed by atoms with Crippen molar-refractivity contribution >= 4 is 18.3 Å². The van der Waals surface area contributed by atoms with Crippen LogP contribution in [0.2, 0.25) is 0 Å². The lowest BCUT2D eigenvalue weighted by Gasteiger charge is -2.37. The summed E-state index contributed by atoms with van der Waals surface area (Å²) in [6, 6.07) is 6.70. The fourth-order valence-corrected chi connectivity index (χ4v) is 4.53. The number of carbonyl (C=O) groups excluding carboxylic acids is 1. The molecule has 0 radical (unpaired) electrons. The van der Waals surface area contributed by atoms with E-state index in [1.807, 2.05) is 11.0 Å². The predicted molar refractivity (Wildman–Crippen MR) is 101 cm³/mol. The van der Waals surface area contributed by atoms with Gasteiger partial charge >= 0.3 is 0 Å². The largest absolute Gasteiger partial charge is 0.335 e. The number of rotatable bonds is 4. The third kappa shape index (κ3) is 4.53. The molecule has 5 heteroatoms. The second-order valence-electron chi connectivity index (χ2n) is 7.90. The van der Waals surface area contributed by atoms with Crippen LogP contribution in [0.25, 0.3) is 0 Å². The first-order chi connectivity index (χ1) is 11.5. The van der Waals surface area contributed by atoms with Gasteiger partial charge in [-0.2, -0.15) is 0 Å². The molecule has 0 aromatic heterocycles. The maximum atomic E-state index is 13.6. The average molecular weight is 369 g/mol. The molecule has 2 aliphatic rings. The molecule has 1 aliphatic carbocycles. The van der Waals surface area contributed by atoms with Crippen LogP contribution in [0.5, 0.6) is 0 Å². The number of hydrogen-bond acceptors (Lipinski definition) is 2. The quantitative estimate of drug-likeness (QED) is 0.853. The Hall–Kier alpha value is -1.13. The topological polar surface area (TPSA) is 46.3 Å². The molecule has 1 saturated carbocycles. The normalized spacial score (nSPS) is 25.5. The van der Waals surface area contributed by atoms with Crippen LogP contribution in [0.4, 0.5) is 4.39 Å². The van der Waals surface area contributed by atoms with Gasteiger partial charge in [0, 0.05) is 13.0 Å². The molecule has 2 unspecified atom stereocenters. The number of amides is 1. The van der Waals surface area contributed by atoms with Crippen molar-refractivity contribution in [1.29, 1.82) is 0 Å². The lowest BCUT2D eigenvalue weighted by molar-refractivity contribution is -0.135. The predicted octanol–water partition coefficient (Wildman–Crippen LogP) is 4.46. The van der Waals surface area contributed by atoms with Crippen molar-refractivity contribution in [3.05, 3.63) is 35.6 Å². The van der Waals surface area contributed by atoms with Gasteiger partial charge in [0.05, 0.1) is 6.04 Å². The van der Waals surface area contributed by atoms with Gasteiger partial charge in [-0.25, -0.2) is 4.39 Å². The monoisotopic (exact) mass is 368 g/mol. The molecular formula is C20H30ClFN2O. The number of benzene rings is 1. The van der Waals surface area contributed by atoms with E-state index < -0.39 is 0 Å². The molecule has 3 rings (SSSR count). The first-order valence-electron chi connectivity index (χ1n) is 9.28. The van der Waals surface area contributed by atoms with Crippen molar-refractivity contribution in [1.82, 2.24) is 4.90 Å². The zero-order valence-electron chi connectivity index (χ0n) is 15.0. The molecule has 2 N–H and O–H groups in total. The Morgan fingerprint density at radius 3 is 2.68 bits per heavy atom. The molecule has 0 spiro atoms. The molecule has 1 aromatic carbocycles. The Bertz CT molecular complexity index is 589. The van der Waals surface area contributed by atoms with E-state index >= 15 is 0 Å². The van der Waals surface area contributed by atoms with Gasteiger partial charge < -0.3 is 10.6 Å². The lowest BCUT2D eigenvalue weighted by Crippen LogP contribution is -2.40. The van der Waals surface area contributed by atoms with E-state index in [2.05, 4.69) is 6.92 Å². The van der Waals surface area contributed by atoms with Crippen molar-refractivity contribution in [2.75, 3.05) is 13.1 Å². The highest BCUT2D eigenvalue weighted by atomic mass is 35.5. The lowest BCUT2D eigenvalue weighted by atomic mass is 9.71. The van der Waals surface area contributed by atoms with Crippen LogP contribution in [0.15, 0.2) is 24.3 Å². The highest BCUT2D eigenvalue weighted by molar-refractivity contribution is 5.85. The molecule has 1 amide bonds. The van der Waals surface area contributed by atoms with E-state index in [1.54, 1.807) is 12.1 Å². The van der Waals surface area contributed by atoms with Gasteiger partial charge in [-0.15, -0.1) is 12.4 Å². The molecule has 1 aromatic rings. The molecule has 0 bridgehead atoms. The SMILES string of the molecule is CC1CC(c2cccc(F)c2)N(C(=O)CC2(CN)CCCCC2)C1.Cl. The zero-order valence-corrected chi connectivity index (χ0v) is 15.9. The zero-order chi connectivity index (χ0) is 17.2. The Kier molecular flexibility index (Phi) is 6.86. The van der Waals surface area contributed by atoms with Crippen molar-refractivity contribution in [3.63, 3.8) is 0 Å². The average Bonchev–Trinajstić information content (AvgIpc) is 2.98. The van der Waals surface area contributed by atoms with Gasteiger partial charge in [-0.05, 0) is 54.8 Å². The smallest absolute Gasteiger partial charge is 0.223 e. The molecule has 2 fully saturated rings. The van der Waals surface area contributed by atoms with Gasteiger partial charge in [-0.1, -0.05) is 38.3 Å². The number of halogens is 2. The summed E-state index contributed by atoms with van der Waals surface area (Å²) >= 11 is 0. The highest BCUT2D eigenvalue weighted by Crippen LogP contribution is 2.42. The van der Waals surface area contributed by atoms with E-state index in [4.69, 9.17) is 5.73 Å². The standard InChI is InChI=1S/C20H29FN2O.ClH/c1-15-10-18(16-6-5-7-17(21)11-16)23(13-15)19(24)12-20(14-22)8-3-2-4-9-20;/h5-7,11,15,18H,2-4,8-10,12-14,22H2,1H3;1H. The summed E-state index contributed by atoms with van der Waals surface area (Å²) in [5.74, 6) is 0.411. The molecule has 1 heterocycles. The summed E-state index contributed by atoms with van der Waals surface area (Å²) in [4.78, 5) is 15.0. The van der Waals surface area contributed by atoms with E-state index in [0.29, 0.717) is 18.9 Å². The van der Waals surface area contributed by atoms with E-state index in [9.17, 15) is 9.18 Å². The second-order valence-corrected chi connectivity index (χ2v) is 7.90. The number of nitrogens with zero attached hydrogens (tertiary/aromatic N) is 1. The van der Waals surface area contributed by atoms with Crippen LogP contribution in [0, 0.1) is 17.2 Å². The van der Waals surface area contributed by atoms with Crippen molar-refractivity contribution < 1.29 is 9.18 Å². The summed E-state index contributed by atoms with van der Waals surface area (Å²) in [6.45, 7) is 3.52. The van der Waals surface area contributed by atoms with Crippen molar-refractivity contribution in [2.45, 2.75) is 57.9 Å². The van der Waals surface area contributed by atoms with Crippen LogP contribution < -0.4 is 5.73 Å². The maximum absolute atomic E-state index is 13.6. The fourth-order valence-electron chi connectivity index (χ4n) is 4.53. The van der Waals surface area contributed by atoms with E-state index in [-0.39, 0.29) is 35.6 Å². The van der Waals surface area contributed by atoms with Gasteiger partial charge in [0.1, 0.15) is 5.82 Å². The number of nitrogens with two attached hydrogens (primary N) is 1. The van der Waals surface area contributed by atoms with Gasteiger partial charge in [0.2, 0.25) is 5.91 Å². The molecule has 1 saturated heterocycles. The van der Waals surface area contributed by atoms with Gasteiger partial charge in [-0.3, -0.25) is 4.79 Å². The summed E-state index contributed by atoms with van der Waals surface area (Å²) in [6.07, 6.45) is 7.17. The van der Waals surface area contributed by atoms with E-state index in [0.717, 1.165) is 31.4 Å². The van der Waals surface area contributed by atoms with Crippen LogP contribution in [0.3, 0.4) is 0 Å². The number of hydrogen-bond donors (Lipinski definition) is 1. The Morgan fingerprint density at radius 1 is 1.32 bits per heavy atom. The Morgan fingerprint density at radius 2 is 2.04 bits per heavy atom. The Balaban J connectivity index is 0.00000225. The second kappa shape index (κ2) is 8.50. The number of likely N-dealkylation sites (tertiary alicyclic amines) is 1. The van der Waals surface area contributed by atoms with Gasteiger partial charge in [0.25, 0.3) is 0 Å². The molecular weight excluding hydrogens is 339 g/mol. The Labute approximate surface area is 156 Å². The third-order valence-electron chi connectivity index (χ3n) is 5.94.